The SMILES string of the molecule is CCC(CC)(OC)c1ccc(N2C[C@@H](C)Oc3ncnc(N)c3C2=O)cc1. The summed E-state index contributed by atoms with van der Waals surface area (Å²) in [7, 11) is 1.73. The first-order valence-electron chi connectivity index (χ1n) is 9.20. The number of aromatic nitrogens is 2. The van der Waals surface area contributed by atoms with Crippen molar-refractivity contribution in [3.05, 3.63) is 41.7 Å². The molecule has 27 heavy (non-hydrogen) atoms. The van der Waals surface area contributed by atoms with E-state index in [1.807, 2.05) is 31.2 Å². The second-order valence-electron chi connectivity index (χ2n) is 6.74. The van der Waals surface area contributed by atoms with Gasteiger partial charge in [0.1, 0.15) is 23.8 Å². The van der Waals surface area contributed by atoms with Gasteiger partial charge in [0.15, 0.2) is 0 Å². The smallest absolute Gasteiger partial charge is 0.267 e. The molecule has 1 aromatic carbocycles. The maximum Gasteiger partial charge on any atom is 0.267 e. The number of amides is 1. The lowest BCUT2D eigenvalue weighted by Crippen LogP contribution is -2.36. The maximum atomic E-state index is 13.1. The Morgan fingerprint density at radius 1 is 1.26 bits per heavy atom. The predicted octanol–water partition coefficient (Wildman–Crippen LogP) is 3.15. The second-order valence-corrected chi connectivity index (χ2v) is 6.74. The molecule has 1 aromatic heterocycles. The highest BCUT2D eigenvalue weighted by atomic mass is 16.5. The molecule has 1 amide bonds. The van der Waals surface area contributed by atoms with Gasteiger partial charge in [0.2, 0.25) is 5.88 Å². The number of nitrogens with zero attached hydrogens (tertiary/aromatic N) is 3. The first-order chi connectivity index (χ1) is 13.0. The Hall–Kier alpha value is -2.67. The Bertz CT molecular complexity index is 810. The van der Waals surface area contributed by atoms with E-state index in [1.54, 1.807) is 12.0 Å². The highest BCUT2D eigenvalue weighted by Gasteiger charge is 2.32. The van der Waals surface area contributed by atoms with Gasteiger partial charge in [-0.05, 0) is 37.5 Å². The van der Waals surface area contributed by atoms with Gasteiger partial charge in [0.05, 0.1) is 12.1 Å². The molecule has 2 N–H and O–H groups in total. The average molecular weight is 370 g/mol. The van der Waals surface area contributed by atoms with Gasteiger partial charge in [-0.25, -0.2) is 9.97 Å². The number of benzene rings is 1. The fourth-order valence-corrected chi connectivity index (χ4v) is 3.61. The van der Waals surface area contributed by atoms with Crippen LogP contribution in [0.3, 0.4) is 0 Å². The van der Waals surface area contributed by atoms with Gasteiger partial charge in [-0.3, -0.25) is 4.79 Å². The summed E-state index contributed by atoms with van der Waals surface area (Å²) in [6.45, 7) is 6.51. The zero-order valence-electron chi connectivity index (χ0n) is 16.2. The van der Waals surface area contributed by atoms with Gasteiger partial charge in [-0.15, -0.1) is 0 Å². The van der Waals surface area contributed by atoms with Crippen LogP contribution in [0.25, 0.3) is 0 Å². The molecular weight excluding hydrogens is 344 g/mol. The van der Waals surface area contributed by atoms with Crippen molar-refractivity contribution in [3.63, 3.8) is 0 Å². The normalized spacial score (nSPS) is 17.3. The first-order valence-corrected chi connectivity index (χ1v) is 9.20. The van der Waals surface area contributed by atoms with Gasteiger partial charge in [-0.1, -0.05) is 26.0 Å². The summed E-state index contributed by atoms with van der Waals surface area (Å²) in [6.07, 6.45) is 2.81. The standard InChI is InChI=1S/C20H26N4O3/c1-5-20(6-2,26-4)14-7-9-15(10-8-14)24-11-13(3)27-18-16(19(24)25)17(21)22-12-23-18/h7-10,12-13H,5-6,11H2,1-4H3,(H2,21,22,23)/t13-/m1/s1. The van der Waals surface area contributed by atoms with Crippen molar-refractivity contribution in [1.82, 2.24) is 9.97 Å². The molecule has 0 radical (unpaired) electrons. The molecule has 0 unspecified atom stereocenters. The Kier molecular flexibility index (Phi) is 5.32. The molecule has 1 aliphatic heterocycles. The number of nitrogen functional groups attached to an aromatic ring is 1. The molecule has 0 saturated heterocycles. The number of anilines is 2. The molecule has 0 aliphatic carbocycles. The summed E-state index contributed by atoms with van der Waals surface area (Å²) >= 11 is 0. The molecule has 2 aromatic rings. The van der Waals surface area contributed by atoms with Crippen LogP contribution in [0, 0.1) is 0 Å². The van der Waals surface area contributed by atoms with Crippen LogP contribution in [0.4, 0.5) is 11.5 Å². The van der Waals surface area contributed by atoms with Crippen LogP contribution < -0.4 is 15.4 Å². The largest absolute Gasteiger partial charge is 0.472 e. The van der Waals surface area contributed by atoms with Crippen LogP contribution in [-0.4, -0.2) is 35.6 Å². The summed E-state index contributed by atoms with van der Waals surface area (Å²) in [5.41, 5.74) is 7.68. The molecule has 0 fully saturated rings. The minimum absolute atomic E-state index is 0.121. The fraction of sp³-hybridized carbons (Fsp3) is 0.450. The zero-order valence-corrected chi connectivity index (χ0v) is 16.2. The Labute approximate surface area is 159 Å². The van der Waals surface area contributed by atoms with Crippen LogP contribution in [0.5, 0.6) is 5.88 Å². The minimum Gasteiger partial charge on any atom is -0.472 e. The average Bonchev–Trinajstić information content (AvgIpc) is 2.81. The van der Waals surface area contributed by atoms with Gasteiger partial charge in [0, 0.05) is 12.8 Å². The van der Waals surface area contributed by atoms with E-state index >= 15 is 0 Å². The quantitative estimate of drug-likeness (QED) is 0.869. The number of fused-ring (bicyclic) bond motifs is 1. The van der Waals surface area contributed by atoms with E-state index in [4.69, 9.17) is 15.2 Å². The van der Waals surface area contributed by atoms with Crippen molar-refractivity contribution in [1.29, 1.82) is 0 Å². The molecule has 3 rings (SSSR count). The van der Waals surface area contributed by atoms with Crippen LogP contribution in [0.2, 0.25) is 0 Å². The summed E-state index contributed by atoms with van der Waals surface area (Å²) < 4.78 is 11.6. The third-order valence-electron chi connectivity index (χ3n) is 5.29. The minimum atomic E-state index is -0.317. The van der Waals surface area contributed by atoms with E-state index in [1.165, 1.54) is 6.33 Å². The Morgan fingerprint density at radius 3 is 2.52 bits per heavy atom. The van der Waals surface area contributed by atoms with Crippen molar-refractivity contribution in [3.8, 4) is 5.88 Å². The van der Waals surface area contributed by atoms with Crippen molar-refractivity contribution in [2.75, 3.05) is 24.3 Å². The summed E-state index contributed by atoms with van der Waals surface area (Å²) in [5, 5.41) is 0. The monoisotopic (exact) mass is 370 g/mol. The number of carbonyl (C=O) groups excluding carboxylic acids is 1. The number of carbonyl (C=O) groups is 1. The molecule has 0 saturated carbocycles. The lowest BCUT2D eigenvalue weighted by Gasteiger charge is -2.31. The van der Waals surface area contributed by atoms with E-state index in [2.05, 4.69) is 23.8 Å². The lowest BCUT2D eigenvalue weighted by atomic mass is 9.88. The number of methoxy groups -OCH3 is 1. The Morgan fingerprint density at radius 2 is 1.93 bits per heavy atom. The third kappa shape index (κ3) is 3.35. The summed E-state index contributed by atoms with van der Waals surface area (Å²) in [4.78, 5) is 22.8. The maximum absolute atomic E-state index is 13.1. The van der Waals surface area contributed by atoms with Crippen molar-refractivity contribution >= 4 is 17.4 Å². The second kappa shape index (κ2) is 7.52. The molecule has 7 heteroatoms. The molecule has 144 valence electrons. The highest BCUT2D eigenvalue weighted by molar-refractivity contribution is 6.10. The molecule has 1 atom stereocenters. The molecular formula is C20H26N4O3. The first kappa shape index (κ1) is 19.1. The predicted molar refractivity (Wildman–Crippen MR) is 104 cm³/mol. The van der Waals surface area contributed by atoms with Crippen LogP contribution in [-0.2, 0) is 10.3 Å². The zero-order chi connectivity index (χ0) is 19.6. The Balaban J connectivity index is 1.98. The van der Waals surface area contributed by atoms with Crippen LogP contribution in [0.15, 0.2) is 30.6 Å². The van der Waals surface area contributed by atoms with Crippen LogP contribution in [0.1, 0.15) is 49.5 Å². The lowest BCUT2D eigenvalue weighted by molar-refractivity contribution is -0.0217. The number of ether oxygens (including phenoxy) is 2. The number of nitrogens with two attached hydrogens (primary N) is 1. The highest BCUT2D eigenvalue weighted by Crippen LogP contribution is 2.34. The van der Waals surface area contributed by atoms with Gasteiger partial charge >= 0.3 is 0 Å². The van der Waals surface area contributed by atoms with Crippen LogP contribution >= 0.6 is 0 Å². The molecule has 0 bridgehead atoms. The fourth-order valence-electron chi connectivity index (χ4n) is 3.61. The molecule has 1 aliphatic rings. The third-order valence-corrected chi connectivity index (χ3v) is 5.29. The van der Waals surface area contributed by atoms with Gasteiger partial charge in [0.25, 0.3) is 5.91 Å². The van der Waals surface area contributed by atoms with Crippen molar-refractivity contribution in [2.24, 2.45) is 0 Å². The van der Waals surface area contributed by atoms with Gasteiger partial charge < -0.3 is 20.1 Å². The topological polar surface area (TPSA) is 90.6 Å². The van der Waals surface area contributed by atoms with E-state index in [0.29, 0.717) is 6.54 Å². The van der Waals surface area contributed by atoms with E-state index in [9.17, 15) is 4.79 Å². The van der Waals surface area contributed by atoms with Crippen molar-refractivity contribution < 1.29 is 14.3 Å². The number of hydrogen-bond donors (Lipinski definition) is 1. The summed E-state index contributed by atoms with van der Waals surface area (Å²) in [6, 6.07) is 7.90. The number of hydrogen-bond acceptors (Lipinski definition) is 6. The van der Waals surface area contributed by atoms with E-state index < -0.39 is 0 Å². The van der Waals surface area contributed by atoms with E-state index in [0.717, 1.165) is 24.1 Å². The van der Waals surface area contributed by atoms with Gasteiger partial charge in [-0.2, -0.15) is 0 Å². The molecule has 2 heterocycles. The van der Waals surface area contributed by atoms with Crippen molar-refractivity contribution in [2.45, 2.75) is 45.3 Å². The van der Waals surface area contributed by atoms with E-state index in [-0.39, 0.29) is 34.9 Å². The number of rotatable bonds is 5. The molecule has 7 nitrogen and oxygen atoms in total. The molecule has 0 spiro atoms. The summed E-state index contributed by atoms with van der Waals surface area (Å²) in [5.74, 6) is 0.0924.